The zero-order valence-electron chi connectivity index (χ0n) is 19.4. The molecule has 0 spiro atoms. The fraction of sp³-hybridized carbons (Fsp3) is 0.522. The van der Waals surface area contributed by atoms with Crippen molar-refractivity contribution in [2.75, 3.05) is 6.54 Å². The third-order valence-electron chi connectivity index (χ3n) is 5.33. The molecule has 0 bridgehead atoms. The summed E-state index contributed by atoms with van der Waals surface area (Å²) < 4.78 is 5.02. The van der Waals surface area contributed by atoms with Crippen LogP contribution >= 0.6 is 0 Å². The number of ether oxygens (including phenoxy) is 1. The molecule has 2 atom stereocenters. The third-order valence-corrected chi connectivity index (χ3v) is 9.88. The monoisotopic (exact) mass is 462 g/mol. The van der Waals surface area contributed by atoms with Crippen molar-refractivity contribution in [3.8, 4) is 11.5 Å². The summed E-state index contributed by atoms with van der Waals surface area (Å²) in [5, 5.41) is 24.1. The van der Waals surface area contributed by atoms with Crippen LogP contribution in [-0.2, 0) is 20.9 Å². The number of benzene rings is 1. The lowest BCUT2D eigenvalue weighted by Crippen LogP contribution is -2.43. The van der Waals surface area contributed by atoms with Crippen molar-refractivity contribution in [3.63, 3.8) is 0 Å². The molecule has 4 N–H and O–H groups in total. The fourth-order valence-corrected chi connectivity index (χ4v) is 3.20. The van der Waals surface area contributed by atoms with Crippen molar-refractivity contribution in [1.82, 2.24) is 10.6 Å². The van der Waals surface area contributed by atoms with Gasteiger partial charge in [0, 0.05) is 13.0 Å². The number of aliphatic hydroxyl groups is 1. The highest BCUT2D eigenvalue weighted by molar-refractivity contribution is 6.87. The average Bonchev–Trinajstić information content (AvgIpc) is 2.69. The number of carboxylic acids is 1. The van der Waals surface area contributed by atoms with Crippen LogP contribution in [0.3, 0.4) is 0 Å². The summed E-state index contributed by atoms with van der Waals surface area (Å²) in [7, 11) is -1.88. The van der Waals surface area contributed by atoms with Gasteiger partial charge >= 0.3 is 12.1 Å². The van der Waals surface area contributed by atoms with Crippen LogP contribution in [0.2, 0.25) is 18.1 Å². The van der Waals surface area contributed by atoms with Crippen LogP contribution in [0, 0.1) is 11.5 Å². The van der Waals surface area contributed by atoms with E-state index in [1.165, 1.54) is 0 Å². The zero-order valence-corrected chi connectivity index (χ0v) is 20.4. The predicted octanol–water partition coefficient (Wildman–Crippen LogP) is 2.67. The number of carboxylic acid groups (broad SMARTS) is 1. The molecule has 0 aliphatic rings. The van der Waals surface area contributed by atoms with Crippen LogP contribution in [0.25, 0.3) is 0 Å². The van der Waals surface area contributed by atoms with Gasteiger partial charge < -0.3 is 25.6 Å². The van der Waals surface area contributed by atoms with Gasteiger partial charge in [0.25, 0.3) is 0 Å². The van der Waals surface area contributed by atoms with Crippen LogP contribution in [0.5, 0.6) is 0 Å². The minimum Gasteiger partial charge on any atom is -0.480 e. The molecule has 0 saturated heterocycles. The first kappa shape index (κ1) is 27.2. The molecule has 176 valence electrons. The Morgan fingerprint density at radius 3 is 2.34 bits per heavy atom. The Morgan fingerprint density at radius 2 is 1.78 bits per heavy atom. The molecule has 32 heavy (non-hydrogen) atoms. The van der Waals surface area contributed by atoms with E-state index in [1.54, 1.807) is 0 Å². The normalized spacial score (nSPS) is 13.2. The minimum atomic E-state index is -1.88. The van der Waals surface area contributed by atoms with E-state index in [4.69, 9.17) is 4.74 Å². The Bertz CT molecular complexity index is 840. The molecule has 9 heteroatoms. The Hall–Kier alpha value is -2.83. The van der Waals surface area contributed by atoms with Gasteiger partial charge in [-0.3, -0.25) is 4.79 Å². The topological polar surface area (TPSA) is 125 Å². The number of aliphatic hydroxyl groups excluding tert-OH is 1. The maximum atomic E-state index is 12.1. The minimum absolute atomic E-state index is 0.0201. The second-order valence-electron chi connectivity index (χ2n) is 9.14. The van der Waals surface area contributed by atoms with Crippen LogP contribution in [-0.4, -0.2) is 54.9 Å². The summed E-state index contributed by atoms with van der Waals surface area (Å²) in [5.41, 5.74) is 4.04. The van der Waals surface area contributed by atoms with Gasteiger partial charge in [-0.25, -0.2) is 9.59 Å². The number of aliphatic carboxylic acids is 1. The lowest BCUT2D eigenvalue weighted by molar-refractivity contribution is -0.142. The largest absolute Gasteiger partial charge is 0.480 e. The number of carbonyl (C=O) groups is 3. The summed E-state index contributed by atoms with van der Waals surface area (Å²) >= 11 is 0. The SMILES string of the molecule is CC(C)(C)[Si](C)(C)C#CC[C@@H](NC(=O)C[C@@H](O)CNC(=O)OCc1ccccc1)C(=O)O. The maximum absolute atomic E-state index is 12.1. The van der Waals surface area contributed by atoms with Gasteiger partial charge in [0.15, 0.2) is 0 Å². The number of hydrogen-bond donors (Lipinski definition) is 4. The molecule has 0 saturated carbocycles. The highest BCUT2D eigenvalue weighted by Crippen LogP contribution is 2.35. The quantitative estimate of drug-likeness (QED) is 0.330. The van der Waals surface area contributed by atoms with Gasteiger partial charge in [-0.1, -0.05) is 64.2 Å². The lowest BCUT2D eigenvalue weighted by Gasteiger charge is -2.31. The van der Waals surface area contributed by atoms with Gasteiger partial charge in [-0.05, 0) is 10.6 Å². The van der Waals surface area contributed by atoms with Crippen molar-refractivity contribution in [2.24, 2.45) is 0 Å². The lowest BCUT2D eigenvalue weighted by atomic mass is 10.2. The van der Waals surface area contributed by atoms with E-state index in [0.29, 0.717) is 0 Å². The van der Waals surface area contributed by atoms with E-state index >= 15 is 0 Å². The molecular formula is C23H34N2O6Si. The van der Waals surface area contributed by atoms with Gasteiger partial charge in [0.2, 0.25) is 5.91 Å². The Morgan fingerprint density at radius 1 is 1.16 bits per heavy atom. The second-order valence-corrected chi connectivity index (χ2v) is 14.1. The number of carbonyl (C=O) groups excluding carboxylic acids is 2. The van der Waals surface area contributed by atoms with Gasteiger partial charge in [0.05, 0.1) is 12.5 Å². The van der Waals surface area contributed by atoms with Crippen LogP contribution in [0.4, 0.5) is 4.79 Å². The van der Waals surface area contributed by atoms with Gasteiger partial charge in [-0.15, -0.1) is 11.5 Å². The molecule has 0 radical (unpaired) electrons. The van der Waals surface area contributed by atoms with Gasteiger partial charge in [0.1, 0.15) is 20.7 Å². The molecule has 0 aliphatic carbocycles. The first-order valence-electron chi connectivity index (χ1n) is 10.5. The molecule has 1 aromatic rings. The van der Waals surface area contributed by atoms with E-state index in [-0.39, 0.29) is 31.0 Å². The average molecular weight is 463 g/mol. The summed E-state index contributed by atoms with van der Waals surface area (Å²) in [4.78, 5) is 35.3. The van der Waals surface area contributed by atoms with E-state index in [0.717, 1.165) is 5.56 Å². The number of alkyl carbamates (subject to hydrolysis) is 1. The molecule has 2 amide bonds. The zero-order chi connectivity index (χ0) is 24.4. The molecular weight excluding hydrogens is 428 g/mol. The molecule has 0 aromatic heterocycles. The smallest absolute Gasteiger partial charge is 0.407 e. The van der Waals surface area contributed by atoms with Crippen molar-refractivity contribution in [1.29, 1.82) is 0 Å². The number of nitrogens with one attached hydrogen (secondary N) is 2. The summed E-state index contributed by atoms with van der Waals surface area (Å²) in [6.07, 6.45) is -2.30. The van der Waals surface area contributed by atoms with E-state index in [2.05, 4.69) is 56.0 Å². The molecule has 0 fully saturated rings. The molecule has 0 unspecified atom stereocenters. The fourth-order valence-electron chi connectivity index (χ4n) is 2.28. The first-order chi connectivity index (χ1) is 14.8. The van der Waals surface area contributed by atoms with Gasteiger partial charge in [-0.2, -0.15) is 0 Å². The number of amides is 2. The molecule has 1 aromatic carbocycles. The van der Waals surface area contributed by atoms with Crippen molar-refractivity contribution >= 4 is 26.0 Å². The first-order valence-corrected chi connectivity index (χ1v) is 13.5. The molecule has 8 nitrogen and oxygen atoms in total. The Labute approximate surface area is 190 Å². The van der Waals surface area contributed by atoms with E-state index in [9.17, 15) is 24.6 Å². The Kier molecular flexibility index (Phi) is 10.4. The third kappa shape index (κ3) is 9.98. The van der Waals surface area contributed by atoms with Crippen LogP contribution in [0.15, 0.2) is 30.3 Å². The highest BCUT2D eigenvalue weighted by atomic mass is 28.3. The number of rotatable bonds is 9. The number of hydrogen-bond acceptors (Lipinski definition) is 5. The standard InChI is InChI=1S/C23H34N2O6Si/c1-23(2,3)32(4,5)13-9-12-19(21(28)29)25-20(27)14-18(26)15-24-22(30)31-16-17-10-7-6-8-11-17/h6-8,10-11,18-19,26H,12,14-16H2,1-5H3,(H,24,30)(H,25,27)(H,28,29)/t18-,19-/m1/s1. The van der Waals surface area contributed by atoms with Crippen molar-refractivity contribution < 1.29 is 29.3 Å². The summed E-state index contributed by atoms with van der Waals surface area (Å²) in [6.45, 7) is 10.4. The second kappa shape index (κ2) is 12.3. The van der Waals surface area contributed by atoms with Crippen LogP contribution < -0.4 is 10.6 Å². The summed E-state index contributed by atoms with van der Waals surface area (Å²) in [6, 6.07) is 7.94. The van der Waals surface area contributed by atoms with E-state index < -0.39 is 38.2 Å². The molecule has 1 rings (SSSR count). The maximum Gasteiger partial charge on any atom is 0.407 e. The van der Waals surface area contributed by atoms with Crippen molar-refractivity contribution in [3.05, 3.63) is 35.9 Å². The predicted molar refractivity (Wildman–Crippen MR) is 124 cm³/mol. The summed E-state index contributed by atoms with van der Waals surface area (Å²) in [5.74, 6) is 1.09. The van der Waals surface area contributed by atoms with Crippen LogP contribution in [0.1, 0.15) is 39.2 Å². The molecule has 0 aliphatic heterocycles. The Balaban J connectivity index is 2.45. The highest BCUT2D eigenvalue weighted by Gasteiger charge is 2.33. The van der Waals surface area contributed by atoms with Crippen molar-refractivity contribution in [2.45, 2.75) is 70.5 Å². The molecule has 0 heterocycles. The van der Waals surface area contributed by atoms with E-state index in [1.807, 2.05) is 30.3 Å².